The predicted octanol–water partition coefficient (Wildman–Crippen LogP) is 6.55. The summed E-state index contributed by atoms with van der Waals surface area (Å²) < 4.78 is 1.65. The fraction of sp³-hybridized carbons (Fsp3) is 0.179. The number of anilines is 1. The molecular formula is C28H22ClN3O3S. The van der Waals surface area contributed by atoms with Crippen LogP contribution in [-0.4, -0.2) is 26.6 Å². The molecule has 0 spiro atoms. The number of nitrogens with zero attached hydrogens (tertiary/aromatic N) is 2. The maximum atomic E-state index is 13.7. The van der Waals surface area contributed by atoms with Crippen molar-refractivity contribution in [3.8, 4) is 5.69 Å². The third-order valence-electron chi connectivity index (χ3n) is 6.99. The van der Waals surface area contributed by atoms with Crippen molar-refractivity contribution in [2.75, 3.05) is 5.32 Å². The zero-order valence-electron chi connectivity index (χ0n) is 19.4. The van der Waals surface area contributed by atoms with E-state index in [1.54, 1.807) is 40.3 Å². The van der Waals surface area contributed by atoms with Crippen LogP contribution in [0.1, 0.15) is 56.7 Å². The highest BCUT2D eigenvalue weighted by atomic mass is 35.5. The highest BCUT2D eigenvalue weighted by Crippen LogP contribution is 2.51. The number of carbonyl (C=O) groups excluding carboxylic acids is 1. The van der Waals surface area contributed by atoms with E-state index in [9.17, 15) is 14.7 Å². The van der Waals surface area contributed by atoms with Crippen molar-refractivity contribution in [1.29, 1.82) is 0 Å². The summed E-state index contributed by atoms with van der Waals surface area (Å²) in [6, 6.07) is 18.5. The van der Waals surface area contributed by atoms with Gasteiger partial charge in [0.1, 0.15) is 5.82 Å². The first-order chi connectivity index (χ1) is 17.4. The number of aromatic nitrogens is 2. The number of para-hydroxylation sites is 1. The summed E-state index contributed by atoms with van der Waals surface area (Å²) in [5.41, 5.74) is 4.56. The third-order valence-corrected chi connectivity index (χ3v) is 8.36. The molecule has 6 rings (SSSR count). The molecule has 36 heavy (non-hydrogen) atoms. The van der Waals surface area contributed by atoms with Crippen LogP contribution in [0.5, 0.6) is 0 Å². The number of carbonyl (C=O) groups is 2. The summed E-state index contributed by atoms with van der Waals surface area (Å²) >= 11 is 8.36. The summed E-state index contributed by atoms with van der Waals surface area (Å²) in [7, 11) is 0. The van der Waals surface area contributed by atoms with E-state index in [2.05, 4.69) is 11.4 Å². The van der Waals surface area contributed by atoms with Crippen molar-refractivity contribution in [3.05, 3.63) is 110 Å². The second-order valence-corrected chi connectivity index (χ2v) is 10.5. The van der Waals surface area contributed by atoms with E-state index in [0.29, 0.717) is 35.1 Å². The van der Waals surface area contributed by atoms with E-state index >= 15 is 0 Å². The second kappa shape index (κ2) is 8.76. The maximum absolute atomic E-state index is 13.7. The first-order valence-electron chi connectivity index (χ1n) is 11.7. The predicted molar refractivity (Wildman–Crippen MR) is 141 cm³/mol. The number of hydrogen-bond donors (Lipinski definition) is 2. The van der Waals surface area contributed by atoms with Crippen LogP contribution in [0.3, 0.4) is 0 Å². The molecule has 0 saturated heterocycles. The molecule has 3 heterocycles. The Balaban J connectivity index is 1.58. The molecule has 0 fully saturated rings. The Morgan fingerprint density at radius 1 is 1.11 bits per heavy atom. The Morgan fingerprint density at radius 2 is 1.89 bits per heavy atom. The largest absolute Gasteiger partial charge is 0.478 e. The smallest absolute Gasteiger partial charge is 0.337 e. The number of aryl methyl sites for hydroxylation is 1. The van der Waals surface area contributed by atoms with Crippen molar-refractivity contribution in [2.24, 2.45) is 0 Å². The molecule has 1 aliphatic carbocycles. The lowest BCUT2D eigenvalue weighted by molar-refractivity contribution is -0.116. The Labute approximate surface area is 216 Å². The highest BCUT2D eigenvalue weighted by Gasteiger charge is 2.42. The van der Waals surface area contributed by atoms with Crippen LogP contribution in [0.4, 0.5) is 5.82 Å². The van der Waals surface area contributed by atoms with Crippen molar-refractivity contribution >= 4 is 40.5 Å². The van der Waals surface area contributed by atoms with Crippen LogP contribution in [0.25, 0.3) is 5.69 Å². The highest BCUT2D eigenvalue weighted by molar-refractivity contribution is 7.10. The number of ketones is 1. The topological polar surface area (TPSA) is 84.2 Å². The number of rotatable bonds is 4. The van der Waals surface area contributed by atoms with Gasteiger partial charge in [0.2, 0.25) is 0 Å². The summed E-state index contributed by atoms with van der Waals surface area (Å²) in [4.78, 5) is 26.9. The lowest BCUT2D eigenvalue weighted by atomic mass is 9.73. The number of carboxylic acids is 1. The van der Waals surface area contributed by atoms with E-state index in [4.69, 9.17) is 16.7 Å². The molecule has 0 saturated carbocycles. The maximum Gasteiger partial charge on any atom is 0.337 e. The number of Topliss-reactive ketones (excluding diaryl/α,β-unsaturated/α-hetero) is 1. The number of benzene rings is 2. The first kappa shape index (κ1) is 22.8. The lowest BCUT2D eigenvalue weighted by Crippen LogP contribution is -2.30. The van der Waals surface area contributed by atoms with Gasteiger partial charge in [0, 0.05) is 45.0 Å². The van der Waals surface area contributed by atoms with Gasteiger partial charge in [0.15, 0.2) is 5.78 Å². The molecule has 0 amide bonds. The fourth-order valence-electron chi connectivity index (χ4n) is 5.44. The van der Waals surface area contributed by atoms with Crippen molar-refractivity contribution in [2.45, 2.75) is 31.6 Å². The number of halogens is 1. The lowest BCUT2D eigenvalue weighted by Gasteiger charge is -2.35. The number of hydrogen-bond acceptors (Lipinski definition) is 5. The second-order valence-electron chi connectivity index (χ2n) is 9.10. The quantitative estimate of drug-likeness (QED) is 0.322. The van der Waals surface area contributed by atoms with Crippen LogP contribution in [0, 0.1) is 6.92 Å². The van der Waals surface area contributed by atoms with E-state index in [1.165, 1.54) is 4.88 Å². The molecule has 2 aliphatic rings. The first-order valence-corrected chi connectivity index (χ1v) is 12.9. The van der Waals surface area contributed by atoms with E-state index in [-0.39, 0.29) is 17.3 Å². The Morgan fingerprint density at radius 3 is 2.64 bits per heavy atom. The number of carboxylic acid groups (broad SMARTS) is 1. The van der Waals surface area contributed by atoms with E-state index < -0.39 is 11.9 Å². The third kappa shape index (κ3) is 3.58. The number of allylic oxidation sites excluding steroid dienone is 2. The summed E-state index contributed by atoms with van der Waals surface area (Å²) in [5.74, 6) is -0.578. The number of aromatic carboxylic acids is 1. The molecule has 6 nitrogen and oxygen atoms in total. The summed E-state index contributed by atoms with van der Waals surface area (Å²) in [6.45, 7) is 1.89. The van der Waals surface area contributed by atoms with Crippen LogP contribution in [0.15, 0.2) is 77.3 Å². The fourth-order valence-corrected chi connectivity index (χ4v) is 6.51. The summed E-state index contributed by atoms with van der Waals surface area (Å²) in [6.07, 6.45) is 1.11. The molecule has 0 bridgehead atoms. The molecule has 4 aromatic rings. The van der Waals surface area contributed by atoms with Gasteiger partial charge in [-0.15, -0.1) is 11.3 Å². The van der Waals surface area contributed by atoms with Crippen LogP contribution in [-0.2, 0) is 4.79 Å². The molecule has 2 N–H and O–H groups in total. The molecule has 2 aromatic carbocycles. The minimum Gasteiger partial charge on any atom is -0.478 e. The standard InChI is InChI=1S/C28H22ClN3O3S/c1-15-24-25(17-7-2-4-9-19(17)29)26-20(13-16(14-22(26)33)23-11-6-12-36-23)30-27(24)32(31-15)21-10-5-3-8-18(21)28(34)35/h2-12,16,25,30H,13-14H2,1H3,(H,34,35)/t16-,25+/m0/s1. The monoisotopic (exact) mass is 515 g/mol. The van der Waals surface area contributed by atoms with Gasteiger partial charge < -0.3 is 10.4 Å². The van der Waals surface area contributed by atoms with Crippen molar-refractivity contribution < 1.29 is 14.7 Å². The van der Waals surface area contributed by atoms with Gasteiger partial charge in [-0.3, -0.25) is 4.79 Å². The molecule has 0 unspecified atom stereocenters. The van der Waals surface area contributed by atoms with Gasteiger partial charge in [-0.1, -0.05) is 48.0 Å². The Kier molecular flexibility index (Phi) is 5.54. The molecule has 1 aliphatic heterocycles. The van der Waals surface area contributed by atoms with Gasteiger partial charge in [-0.2, -0.15) is 5.10 Å². The molecule has 180 valence electrons. The zero-order chi connectivity index (χ0) is 25.0. The number of nitrogens with one attached hydrogen (secondary N) is 1. The number of thiophene rings is 1. The normalized spacial score (nSPS) is 19.0. The van der Waals surface area contributed by atoms with Gasteiger partial charge in [-0.05, 0) is 48.6 Å². The molecular weight excluding hydrogens is 494 g/mol. The van der Waals surface area contributed by atoms with Gasteiger partial charge >= 0.3 is 5.97 Å². The average Bonchev–Trinajstić information content (AvgIpc) is 3.52. The van der Waals surface area contributed by atoms with Gasteiger partial charge in [0.25, 0.3) is 0 Å². The summed E-state index contributed by atoms with van der Waals surface area (Å²) in [5, 5.41) is 20.7. The van der Waals surface area contributed by atoms with E-state index in [0.717, 1.165) is 22.4 Å². The van der Waals surface area contributed by atoms with Crippen LogP contribution in [0.2, 0.25) is 5.02 Å². The van der Waals surface area contributed by atoms with Gasteiger partial charge in [-0.25, -0.2) is 9.48 Å². The minimum atomic E-state index is -1.03. The zero-order valence-corrected chi connectivity index (χ0v) is 20.9. The van der Waals surface area contributed by atoms with Gasteiger partial charge in [0.05, 0.1) is 16.9 Å². The molecule has 0 radical (unpaired) electrons. The molecule has 2 atom stereocenters. The number of fused-ring (bicyclic) bond motifs is 1. The average molecular weight is 516 g/mol. The van der Waals surface area contributed by atoms with Crippen molar-refractivity contribution in [3.63, 3.8) is 0 Å². The minimum absolute atomic E-state index is 0.0842. The SMILES string of the molecule is Cc1nn(-c2ccccc2C(=O)O)c2c1[C@@H](c1ccccc1Cl)C1=C(C[C@H](c3cccs3)CC1=O)N2. The Hall–Kier alpha value is -3.68. The Bertz CT molecular complexity index is 1550. The van der Waals surface area contributed by atoms with Crippen LogP contribution < -0.4 is 5.32 Å². The van der Waals surface area contributed by atoms with E-state index in [1.807, 2.05) is 42.6 Å². The molecule has 8 heteroatoms. The van der Waals surface area contributed by atoms with Crippen LogP contribution >= 0.6 is 22.9 Å². The molecule has 2 aromatic heterocycles. The van der Waals surface area contributed by atoms with Crippen molar-refractivity contribution in [1.82, 2.24) is 9.78 Å².